The molecule has 0 saturated heterocycles. The molecule has 1 rings (SSSR count). The van der Waals surface area contributed by atoms with Gasteiger partial charge in [0.1, 0.15) is 6.07 Å². The van der Waals surface area contributed by atoms with Crippen LogP contribution in [0.5, 0.6) is 0 Å². The number of nitrogens with zero attached hydrogens (tertiary/aromatic N) is 2. The summed E-state index contributed by atoms with van der Waals surface area (Å²) in [5.41, 5.74) is 9.00. The first-order valence-electron chi connectivity index (χ1n) is 5.40. The Bertz CT molecular complexity index is 661. The third-order valence-electron chi connectivity index (χ3n) is 2.50. The third-order valence-corrected chi connectivity index (χ3v) is 3.52. The highest BCUT2D eigenvalue weighted by molar-refractivity contribution is 9.10. The summed E-state index contributed by atoms with van der Waals surface area (Å²) >= 11 is 3.22. The van der Waals surface area contributed by atoms with E-state index in [0.717, 1.165) is 5.56 Å². The fourth-order valence-electron chi connectivity index (χ4n) is 1.57. The molecule has 20 heavy (non-hydrogen) atoms. The quantitative estimate of drug-likeness (QED) is 0.378. The van der Waals surface area contributed by atoms with E-state index in [4.69, 9.17) is 16.4 Å². The number of carbonyl (C=O) groups is 1. The normalized spacial score (nSPS) is 10.8. The average molecular weight is 338 g/mol. The summed E-state index contributed by atoms with van der Waals surface area (Å²) in [7, 11) is 0. The van der Waals surface area contributed by atoms with Crippen molar-refractivity contribution < 1.29 is 9.90 Å². The molecule has 0 heterocycles. The second-order valence-corrected chi connectivity index (χ2v) is 4.77. The van der Waals surface area contributed by atoms with E-state index in [-0.39, 0.29) is 17.0 Å². The van der Waals surface area contributed by atoms with Crippen LogP contribution in [0.3, 0.4) is 0 Å². The van der Waals surface area contributed by atoms with Gasteiger partial charge in [0.15, 0.2) is 5.84 Å². The third kappa shape index (κ3) is 3.13. The zero-order chi connectivity index (χ0) is 15.4. The number of benzene rings is 1. The summed E-state index contributed by atoms with van der Waals surface area (Å²) in [4.78, 5) is 11.3. The zero-order valence-electron chi connectivity index (χ0n) is 10.8. The van der Waals surface area contributed by atoms with E-state index in [1.54, 1.807) is 26.0 Å². The number of carboxylic acid groups (broad SMARTS) is 1. The van der Waals surface area contributed by atoms with Crippen molar-refractivity contribution in [2.75, 3.05) is 5.43 Å². The van der Waals surface area contributed by atoms with Crippen molar-refractivity contribution in [3.63, 3.8) is 0 Å². The molecule has 0 aliphatic carbocycles. The molecular formula is C12H12BrN5O2. The van der Waals surface area contributed by atoms with Crippen LogP contribution in [-0.2, 0) is 0 Å². The Balaban J connectivity index is 3.40. The molecule has 7 nitrogen and oxygen atoms in total. The molecule has 0 aliphatic rings. The molecule has 0 aromatic heterocycles. The molecule has 0 radical (unpaired) electrons. The Morgan fingerprint density at radius 1 is 1.55 bits per heavy atom. The predicted octanol–water partition coefficient (Wildman–Crippen LogP) is 1.99. The minimum absolute atomic E-state index is 0.00657. The maximum absolute atomic E-state index is 11.3. The Kier molecular flexibility index (Phi) is 4.83. The first kappa shape index (κ1) is 15.7. The van der Waals surface area contributed by atoms with Gasteiger partial charge < -0.3 is 10.8 Å². The maximum atomic E-state index is 11.3. The number of hydrogen-bond acceptors (Lipinski definition) is 5. The van der Waals surface area contributed by atoms with Crippen LogP contribution in [0.1, 0.15) is 21.5 Å². The molecule has 0 unspecified atom stereocenters. The summed E-state index contributed by atoms with van der Waals surface area (Å²) in [6.07, 6.45) is 0. The summed E-state index contributed by atoms with van der Waals surface area (Å²) in [6, 6.07) is 3.42. The van der Waals surface area contributed by atoms with Crippen LogP contribution in [0, 0.1) is 30.6 Å². The second-order valence-electron chi connectivity index (χ2n) is 3.98. The molecule has 0 spiro atoms. The van der Waals surface area contributed by atoms with E-state index >= 15 is 0 Å². The van der Waals surface area contributed by atoms with Gasteiger partial charge in [0.25, 0.3) is 0 Å². The first-order chi connectivity index (χ1) is 9.29. The van der Waals surface area contributed by atoms with Gasteiger partial charge in [-0.1, -0.05) is 6.07 Å². The number of aryl methyl sites for hydroxylation is 2. The summed E-state index contributed by atoms with van der Waals surface area (Å²) in [5.74, 6) is -1.64. The van der Waals surface area contributed by atoms with E-state index in [9.17, 15) is 9.90 Å². The van der Waals surface area contributed by atoms with Crippen molar-refractivity contribution in [3.05, 3.63) is 27.2 Å². The van der Waals surface area contributed by atoms with Crippen molar-refractivity contribution in [2.45, 2.75) is 13.8 Å². The number of nitrogens with one attached hydrogen (secondary N) is 2. The fraction of sp³-hybridized carbons (Fsp3) is 0.167. The minimum atomic E-state index is -1.14. The van der Waals surface area contributed by atoms with Crippen LogP contribution < -0.4 is 11.2 Å². The smallest absolute Gasteiger partial charge is 0.339 e. The Hall–Kier alpha value is -2.40. The first-order valence-corrected chi connectivity index (χ1v) is 6.20. The van der Waals surface area contributed by atoms with Gasteiger partial charge in [0.2, 0.25) is 5.71 Å². The highest BCUT2D eigenvalue weighted by Crippen LogP contribution is 2.31. The fourth-order valence-corrected chi connectivity index (χ4v) is 2.05. The SMILES string of the molecule is Cc1cc(C)c(N/N=C(\C#N)C(=N)N)c(C(=O)O)c1Br. The van der Waals surface area contributed by atoms with Gasteiger partial charge in [-0.3, -0.25) is 10.8 Å². The average Bonchev–Trinajstić information content (AvgIpc) is 2.34. The van der Waals surface area contributed by atoms with Gasteiger partial charge in [0, 0.05) is 4.47 Å². The molecular weight excluding hydrogens is 326 g/mol. The lowest BCUT2D eigenvalue weighted by Gasteiger charge is -2.13. The van der Waals surface area contributed by atoms with E-state index in [1.807, 2.05) is 0 Å². The van der Waals surface area contributed by atoms with Crippen LogP contribution in [-0.4, -0.2) is 22.6 Å². The van der Waals surface area contributed by atoms with E-state index in [1.165, 1.54) is 0 Å². The topological polar surface area (TPSA) is 135 Å². The summed E-state index contributed by atoms with van der Waals surface area (Å²) < 4.78 is 0.426. The molecule has 0 bridgehead atoms. The van der Waals surface area contributed by atoms with Gasteiger partial charge in [-0.05, 0) is 40.9 Å². The van der Waals surface area contributed by atoms with Crippen LogP contribution in [0.15, 0.2) is 15.6 Å². The number of halogens is 1. The van der Waals surface area contributed by atoms with E-state index < -0.39 is 11.8 Å². The highest BCUT2D eigenvalue weighted by atomic mass is 79.9. The van der Waals surface area contributed by atoms with Crippen LogP contribution in [0.2, 0.25) is 0 Å². The molecule has 1 aromatic rings. The number of amidine groups is 1. The number of nitrogens with two attached hydrogens (primary N) is 1. The van der Waals surface area contributed by atoms with Gasteiger partial charge in [-0.2, -0.15) is 10.4 Å². The molecule has 8 heteroatoms. The molecule has 0 atom stereocenters. The lowest BCUT2D eigenvalue weighted by atomic mass is 10.0. The van der Waals surface area contributed by atoms with Crippen molar-refractivity contribution >= 4 is 39.1 Å². The number of hydrazone groups is 1. The largest absolute Gasteiger partial charge is 0.478 e. The lowest BCUT2D eigenvalue weighted by molar-refractivity contribution is 0.0696. The van der Waals surface area contributed by atoms with Crippen molar-refractivity contribution in [3.8, 4) is 6.07 Å². The predicted molar refractivity (Wildman–Crippen MR) is 79.2 cm³/mol. The van der Waals surface area contributed by atoms with Crippen LogP contribution in [0.4, 0.5) is 5.69 Å². The molecule has 5 N–H and O–H groups in total. The number of anilines is 1. The molecule has 104 valence electrons. The summed E-state index contributed by atoms with van der Waals surface area (Å²) in [5, 5.41) is 28.8. The van der Waals surface area contributed by atoms with Gasteiger partial charge in [0.05, 0.1) is 11.3 Å². The van der Waals surface area contributed by atoms with Gasteiger partial charge in [-0.15, -0.1) is 0 Å². The number of carboxylic acids is 1. The Labute approximate surface area is 123 Å². The Morgan fingerprint density at radius 2 is 2.15 bits per heavy atom. The van der Waals surface area contributed by atoms with Crippen LogP contribution >= 0.6 is 15.9 Å². The molecule has 0 fully saturated rings. The molecule has 0 amide bonds. The Morgan fingerprint density at radius 3 is 2.60 bits per heavy atom. The van der Waals surface area contributed by atoms with Gasteiger partial charge >= 0.3 is 5.97 Å². The highest BCUT2D eigenvalue weighted by Gasteiger charge is 2.19. The minimum Gasteiger partial charge on any atom is -0.478 e. The standard InChI is InChI=1S/C12H12BrN5O2/c1-5-3-6(2)10(8(9(5)13)12(19)20)18-17-7(4-14)11(15)16/h3,18H,1-2H3,(H3,15,16)(H,19,20)/b17-7+. The van der Waals surface area contributed by atoms with Crippen molar-refractivity contribution in [2.24, 2.45) is 10.8 Å². The van der Waals surface area contributed by atoms with Crippen molar-refractivity contribution in [1.29, 1.82) is 10.7 Å². The number of aromatic carboxylic acids is 1. The molecule has 0 saturated carbocycles. The number of nitriles is 1. The monoisotopic (exact) mass is 337 g/mol. The lowest BCUT2D eigenvalue weighted by Crippen LogP contribution is -2.22. The van der Waals surface area contributed by atoms with E-state index in [0.29, 0.717) is 10.0 Å². The summed E-state index contributed by atoms with van der Waals surface area (Å²) in [6.45, 7) is 3.48. The van der Waals surface area contributed by atoms with E-state index in [2.05, 4.69) is 26.5 Å². The zero-order valence-corrected chi connectivity index (χ0v) is 12.4. The molecule has 0 aliphatic heterocycles. The van der Waals surface area contributed by atoms with Crippen LogP contribution in [0.25, 0.3) is 0 Å². The number of rotatable bonds is 4. The second kappa shape index (κ2) is 6.16. The molecule has 1 aromatic carbocycles. The number of hydrogen-bond donors (Lipinski definition) is 4. The maximum Gasteiger partial charge on any atom is 0.339 e. The van der Waals surface area contributed by atoms with Gasteiger partial charge in [-0.25, -0.2) is 4.79 Å². The van der Waals surface area contributed by atoms with Crippen molar-refractivity contribution in [1.82, 2.24) is 0 Å².